The maximum Gasteiger partial charge on any atom is 0.353 e. The fraction of sp³-hybridized carbons (Fsp3) is 0.167. The van der Waals surface area contributed by atoms with E-state index in [-0.39, 0.29) is 17.1 Å². The number of methoxy groups -OCH3 is 2. The lowest BCUT2D eigenvalue weighted by Crippen LogP contribution is -1.95. The Kier molecular flexibility index (Phi) is 3.37. The summed E-state index contributed by atoms with van der Waals surface area (Å²) in [5.41, 5.74) is 0.522. The summed E-state index contributed by atoms with van der Waals surface area (Å²) in [5.74, 6) is -1.36. The number of aromatic amines is 1. The van der Waals surface area contributed by atoms with Crippen LogP contribution >= 0.6 is 0 Å². The van der Waals surface area contributed by atoms with E-state index in [2.05, 4.69) is 10.2 Å². The normalized spacial score (nSPS) is 10.3. The van der Waals surface area contributed by atoms with E-state index >= 15 is 0 Å². The third-order valence-electron chi connectivity index (χ3n) is 2.56. The van der Waals surface area contributed by atoms with Crippen LogP contribution in [-0.2, 0) is 0 Å². The van der Waals surface area contributed by atoms with Crippen molar-refractivity contribution < 1.29 is 23.8 Å². The van der Waals surface area contributed by atoms with Crippen molar-refractivity contribution in [2.45, 2.75) is 0 Å². The maximum atomic E-state index is 13.7. The quantitative estimate of drug-likeness (QED) is 0.883. The van der Waals surface area contributed by atoms with Crippen LogP contribution in [0.2, 0.25) is 0 Å². The van der Waals surface area contributed by atoms with Crippen LogP contribution in [0.15, 0.2) is 18.2 Å². The first kappa shape index (κ1) is 12.9. The van der Waals surface area contributed by atoms with Gasteiger partial charge in [0.05, 0.1) is 19.9 Å². The van der Waals surface area contributed by atoms with E-state index in [1.54, 1.807) is 0 Å². The minimum atomic E-state index is -1.15. The van der Waals surface area contributed by atoms with Gasteiger partial charge in [-0.3, -0.25) is 5.10 Å². The molecule has 7 heteroatoms. The van der Waals surface area contributed by atoms with Crippen molar-refractivity contribution in [2.24, 2.45) is 0 Å². The lowest BCUT2D eigenvalue weighted by molar-refractivity contribution is 0.0690. The number of carbonyl (C=O) groups is 1. The van der Waals surface area contributed by atoms with Gasteiger partial charge in [0.1, 0.15) is 11.4 Å². The Morgan fingerprint density at radius 1 is 1.26 bits per heavy atom. The summed E-state index contributed by atoms with van der Waals surface area (Å²) in [5, 5.41) is 15.0. The number of hydrogen-bond acceptors (Lipinski definition) is 4. The molecule has 2 N–H and O–H groups in total. The standard InChI is InChI=1S/C12H11FN2O4/c1-18-10-5-11(19-2)7(13)3-6(10)8-4-9(12(16)17)15-14-8/h3-5H,1-2H3,(H,14,15)(H,16,17). The predicted molar refractivity (Wildman–Crippen MR) is 64.0 cm³/mol. The Hall–Kier alpha value is -2.57. The number of aromatic carboxylic acids is 1. The Balaban J connectivity index is 2.53. The molecular formula is C12H11FN2O4. The number of halogens is 1. The van der Waals surface area contributed by atoms with Crippen molar-refractivity contribution in [1.29, 1.82) is 0 Å². The van der Waals surface area contributed by atoms with Gasteiger partial charge in [-0.1, -0.05) is 0 Å². The zero-order valence-corrected chi connectivity index (χ0v) is 10.2. The summed E-state index contributed by atoms with van der Waals surface area (Å²) in [6, 6.07) is 3.85. The molecule has 2 rings (SSSR count). The van der Waals surface area contributed by atoms with Crippen LogP contribution in [0.3, 0.4) is 0 Å². The second kappa shape index (κ2) is 4.97. The molecular weight excluding hydrogens is 255 g/mol. The van der Waals surface area contributed by atoms with Gasteiger partial charge in [-0.25, -0.2) is 9.18 Å². The first-order valence-corrected chi connectivity index (χ1v) is 5.27. The number of hydrogen-bond donors (Lipinski definition) is 2. The number of H-pyrrole nitrogens is 1. The maximum absolute atomic E-state index is 13.7. The molecule has 0 aliphatic rings. The number of benzene rings is 1. The van der Waals surface area contributed by atoms with Crippen LogP contribution in [0, 0.1) is 5.82 Å². The van der Waals surface area contributed by atoms with E-state index in [4.69, 9.17) is 14.6 Å². The first-order valence-electron chi connectivity index (χ1n) is 5.27. The molecule has 0 bridgehead atoms. The van der Waals surface area contributed by atoms with Crippen molar-refractivity contribution >= 4 is 5.97 Å². The lowest BCUT2D eigenvalue weighted by atomic mass is 10.1. The van der Waals surface area contributed by atoms with Crippen LogP contribution in [0.5, 0.6) is 11.5 Å². The summed E-state index contributed by atoms with van der Waals surface area (Å²) < 4.78 is 23.6. The number of carboxylic acids is 1. The number of nitrogens with one attached hydrogen (secondary N) is 1. The molecule has 2 aromatic rings. The summed E-state index contributed by atoms with van der Waals surface area (Å²) in [7, 11) is 2.76. The zero-order valence-electron chi connectivity index (χ0n) is 10.2. The molecule has 0 fully saturated rings. The van der Waals surface area contributed by atoms with Crippen molar-refractivity contribution in [2.75, 3.05) is 14.2 Å². The molecule has 1 heterocycles. The molecule has 6 nitrogen and oxygen atoms in total. The molecule has 1 aromatic carbocycles. The molecule has 0 aliphatic carbocycles. The third kappa shape index (κ3) is 2.35. The summed E-state index contributed by atoms with van der Waals surface area (Å²) >= 11 is 0. The van der Waals surface area contributed by atoms with E-state index in [9.17, 15) is 9.18 Å². The first-order chi connectivity index (χ1) is 9.06. The molecule has 100 valence electrons. The second-order valence-electron chi connectivity index (χ2n) is 3.66. The van der Waals surface area contributed by atoms with Gasteiger partial charge in [0.2, 0.25) is 0 Å². The molecule has 19 heavy (non-hydrogen) atoms. The highest BCUT2D eigenvalue weighted by molar-refractivity contribution is 5.87. The van der Waals surface area contributed by atoms with Crippen molar-refractivity contribution in [1.82, 2.24) is 10.2 Å². The van der Waals surface area contributed by atoms with Crippen LogP contribution in [0.4, 0.5) is 4.39 Å². The molecule has 0 radical (unpaired) electrons. The SMILES string of the molecule is COc1cc(OC)c(-c2cc(C(=O)O)[nH]n2)cc1F. The highest BCUT2D eigenvalue weighted by Crippen LogP contribution is 2.34. The van der Waals surface area contributed by atoms with E-state index in [1.807, 2.05) is 0 Å². The Morgan fingerprint density at radius 3 is 2.47 bits per heavy atom. The molecule has 0 spiro atoms. The fourth-order valence-corrected chi connectivity index (χ4v) is 1.63. The van der Waals surface area contributed by atoms with Gasteiger partial charge in [0.25, 0.3) is 0 Å². The Labute approximate surface area is 107 Å². The molecule has 0 amide bonds. The predicted octanol–water partition coefficient (Wildman–Crippen LogP) is 1.93. The van der Waals surface area contributed by atoms with E-state index in [0.717, 1.165) is 0 Å². The van der Waals surface area contributed by atoms with Crippen molar-refractivity contribution in [3.63, 3.8) is 0 Å². The molecule has 0 saturated carbocycles. The number of ether oxygens (including phenoxy) is 2. The minimum Gasteiger partial charge on any atom is -0.496 e. The van der Waals surface area contributed by atoms with Gasteiger partial charge in [-0.2, -0.15) is 5.10 Å². The largest absolute Gasteiger partial charge is 0.496 e. The van der Waals surface area contributed by atoms with Crippen LogP contribution in [-0.4, -0.2) is 35.5 Å². The average Bonchev–Trinajstić information content (AvgIpc) is 2.88. The Bertz CT molecular complexity index is 624. The summed E-state index contributed by atoms with van der Waals surface area (Å²) in [6.45, 7) is 0. The van der Waals surface area contributed by atoms with Crippen molar-refractivity contribution in [3.05, 3.63) is 29.7 Å². The fourth-order valence-electron chi connectivity index (χ4n) is 1.63. The van der Waals surface area contributed by atoms with Crippen LogP contribution in [0.25, 0.3) is 11.3 Å². The highest BCUT2D eigenvalue weighted by Gasteiger charge is 2.16. The van der Waals surface area contributed by atoms with Gasteiger partial charge in [-0.15, -0.1) is 0 Å². The third-order valence-corrected chi connectivity index (χ3v) is 2.56. The minimum absolute atomic E-state index is 0.0367. The summed E-state index contributed by atoms with van der Waals surface area (Å²) in [4.78, 5) is 10.8. The van der Waals surface area contributed by atoms with Gasteiger partial charge >= 0.3 is 5.97 Å². The van der Waals surface area contributed by atoms with E-state index in [0.29, 0.717) is 11.3 Å². The van der Waals surface area contributed by atoms with Gasteiger partial charge in [-0.05, 0) is 12.1 Å². The monoisotopic (exact) mass is 266 g/mol. The number of aromatic nitrogens is 2. The van der Waals surface area contributed by atoms with Gasteiger partial charge < -0.3 is 14.6 Å². The van der Waals surface area contributed by atoms with Gasteiger partial charge in [0.15, 0.2) is 11.6 Å². The molecule has 0 atom stereocenters. The number of nitrogens with zero attached hydrogens (tertiary/aromatic N) is 1. The molecule has 0 unspecified atom stereocenters. The molecule has 0 aliphatic heterocycles. The van der Waals surface area contributed by atoms with Crippen LogP contribution in [0.1, 0.15) is 10.5 Å². The molecule has 1 aromatic heterocycles. The van der Waals surface area contributed by atoms with E-state index < -0.39 is 11.8 Å². The smallest absolute Gasteiger partial charge is 0.353 e. The second-order valence-corrected chi connectivity index (χ2v) is 3.66. The highest BCUT2D eigenvalue weighted by atomic mass is 19.1. The average molecular weight is 266 g/mol. The van der Waals surface area contributed by atoms with E-state index in [1.165, 1.54) is 32.4 Å². The lowest BCUT2D eigenvalue weighted by Gasteiger charge is -2.09. The topological polar surface area (TPSA) is 84.4 Å². The number of rotatable bonds is 4. The zero-order chi connectivity index (χ0) is 14.0. The van der Waals surface area contributed by atoms with Crippen molar-refractivity contribution in [3.8, 4) is 22.8 Å². The molecule has 0 saturated heterocycles. The van der Waals surface area contributed by atoms with Crippen LogP contribution < -0.4 is 9.47 Å². The Morgan fingerprint density at radius 2 is 1.95 bits per heavy atom. The van der Waals surface area contributed by atoms with Gasteiger partial charge in [0, 0.05) is 11.6 Å². The summed E-state index contributed by atoms with van der Waals surface area (Å²) in [6.07, 6.45) is 0. The number of carboxylic acid groups (broad SMARTS) is 1.